The van der Waals surface area contributed by atoms with Gasteiger partial charge in [-0.15, -0.1) is 0 Å². The maximum Gasteiger partial charge on any atom is 0.339 e. The van der Waals surface area contributed by atoms with Crippen LogP contribution in [0.1, 0.15) is 0 Å². The minimum atomic E-state index is -0.255. The maximum absolute atomic E-state index is 8.18. The van der Waals surface area contributed by atoms with Crippen molar-refractivity contribution in [1.82, 2.24) is 5.64 Å². The highest BCUT2D eigenvalue weighted by Gasteiger charge is 1.98. The SMILES string of the molecule is OC1=CONO1. The van der Waals surface area contributed by atoms with Crippen molar-refractivity contribution < 1.29 is 14.8 Å². The molecule has 4 heteroatoms. The normalized spacial score (nSPS) is 18.3. The van der Waals surface area contributed by atoms with E-state index in [9.17, 15) is 0 Å². The van der Waals surface area contributed by atoms with Crippen LogP contribution in [0, 0.1) is 0 Å². The van der Waals surface area contributed by atoms with Crippen LogP contribution in [0.3, 0.4) is 0 Å². The van der Waals surface area contributed by atoms with Crippen molar-refractivity contribution >= 4 is 0 Å². The van der Waals surface area contributed by atoms with Gasteiger partial charge in [0, 0.05) is 5.64 Å². The third-order valence-corrected chi connectivity index (χ3v) is 0.354. The average molecular weight is 89.0 g/mol. The Kier molecular flexibility index (Phi) is 0.582. The molecule has 0 radical (unpaired) electrons. The second-order valence-corrected chi connectivity index (χ2v) is 0.759. The van der Waals surface area contributed by atoms with E-state index in [0.717, 1.165) is 6.26 Å². The molecule has 0 fully saturated rings. The summed E-state index contributed by atoms with van der Waals surface area (Å²) >= 11 is 0. The molecule has 0 aliphatic carbocycles. The van der Waals surface area contributed by atoms with Gasteiger partial charge in [-0.25, -0.2) is 0 Å². The average Bonchev–Trinajstić information content (AvgIpc) is 1.86. The van der Waals surface area contributed by atoms with Crippen LogP contribution in [0.2, 0.25) is 0 Å². The number of aliphatic hydroxyl groups excluding tert-OH is 1. The summed E-state index contributed by atoms with van der Waals surface area (Å²) in [7, 11) is 0. The van der Waals surface area contributed by atoms with E-state index >= 15 is 0 Å². The highest BCUT2D eigenvalue weighted by molar-refractivity contribution is 4.71. The fourth-order valence-corrected chi connectivity index (χ4v) is 0.165. The fraction of sp³-hybridized carbons (Fsp3) is 0. The molecule has 0 saturated heterocycles. The van der Waals surface area contributed by atoms with Gasteiger partial charge in [-0.05, 0) is 0 Å². The Labute approximate surface area is 33.9 Å². The standard InChI is InChI=1S/C2H3NO3/c4-2-1-5-3-6-2/h1,3-4H. The first-order valence-electron chi connectivity index (χ1n) is 1.36. The monoisotopic (exact) mass is 89.0 g/mol. The Balaban J connectivity index is 2.45. The molecule has 6 heavy (non-hydrogen) atoms. The molecule has 0 unspecified atom stereocenters. The Morgan fingerprint density at radius 3 is 2.83 bits per heavy atom. The number of aliphatic hydroxyl groups is 1. The van der Waals surface area contributed by atoms with Crippen LogP contribution in [-0.2, 0) is 9.68 Å². The molecule has 0 aromatic heterocycles. The van der Waals surface area contributed by atoms with Gasteiger partial charge >= 0.3 is 5.95 Å². The predicted molar refractivity (Wildman–Crippen MR) is 16.0 cm³/mol. The molecular weight excluding hydrogens is 86.0 g/mol. The molecule has 34 valence electrons. The van der Waals surface area contributed by atoms with Crippen molar-refractivity contribution in [3.8, 4) is 0 Å². The van der Waals surface area contributed by atoms with Crippen molar-refractivity contribution in [2.45, 2.75) is 0 Å². The third-order valence-electron chi connectivity index (χ3n) is 0.354. The summed E-state index contributed by atoms with van der Waals surface area (Å²) in [6, 6.07) is 0. The van der Waals surface area contributed by atoms with Crippen molar-refractivity contribution in [2.75, 3.05) is 0 Å². The van der Waals surface area contributed by atoms with Gasteiger partial charge in [0.2, 0.25) is 0 Å². The highest BCUT2D eigenvalue weighted by atomic mass is 17.0. The molecule has 0 amide bonds. The van der Waals surface area contributed by atoms with Crippen LogP contribution < -0.4 is 5.64 Å². The van der Waals surface area contributed by atoms with Crippen molar-refractivity contribution in [3.63, 3.8) is 0 Å². The summed E-state index contributed by atoms with van der Waals surface area (Å²) < 4.78 is 0. The molecule has 0 atom stereocenters. The lowest BCUT2D eigenvalue weighted by Gasteiger charge is -1.86. The number of rotatable bonds is 0. The van der Waals surface area contributed by atoms with Crippen LogP contribution in [0.25, 0.3) is 0 Å². The Morgan fingerprint density at radius 1 is 1.83 bits per heavy atom. The van der Waals surface area contributed by atoms with E-state index in [2.05, 4.69) is 9.68 Å². The van der Waals surface area contributed by atoms with E-state index < -0.39 is 0 Å². The molecule has 4 nitrogen and oxygen atoms in total. The lowest BCUT2D eigenvalue weighted by molar-refractivity contribution is -0.0825. The zero-order valence-corrected chi connectivity index (χ0v) is 2.84. The van der Waals surface area contributed by atoms with Crippen molar-refractivity contribution in [3.05, 3.63) is 12.2 Å². The summed E-state index contributed by atoms with van der Waals surface area (Å²) in [5, 5.41) is 8.18. The van der Waals surface area contributed by atoms with Crippen LogP contribution >= 0.6 is 0 Å². The van der Waals surface area contributed by atoms with E-state index in [1.165, 1.54) is 0 Å². The lowest BCUT2D eigenvalue weighted by Crippen LogP contribution is -2.01. The minimum absolute atomic E-state index is 0.255. The van der Waals surface area contributed by atoms with E-state index in [-0.39, 0.29) is 5.95 Å². The van der Waals surface area contributed by atoms with Crippen LogP contribution in [0.15, 0.2) is 12.2 Å². The summed E-state index contributed by atoms with van der Waals surface area (Å²) in [5.41, 5.74) is 1.93. The summed E-state index contributed by atoms with van der Waals surface area (Å²) in [6.45, 7) is 0. The summed E-state index contributed by atoms with van der Waals surface area (Å²) in [6.07, 6.45) is 1.04. The first-order valence-corrected chi connectivity index (χ1v) is 1.36. The molecular formula is C2H3NO3. The number of hydrogen-bond donors (Lipinski definition) is 2. The van der Waals surface area contributed by atoms with E-state index in [1.807, 2.05) is 5.64 Å². The van der Waals surface area contributed by atoms with Gasteiger partial charge in [0.15, 0.2) is 6.26 Å². The van der Waals surface area contributed by atoms with Gasteiger partial charge in [-0.3, -0.25) is 0 Å². The number of nitrogens with one attached hydrogen (secondary N) is 1. The number of hydrogen-bond acceptors (Lipinski definition) is 4. The quantitative estimate of drug-likeness (QED) is 0.432. The van der Waals surface area contributed by atoms with Gasteiger partial charge in [-0.2, -0.15) is 0 Å². The first-order chi connectivity index (χ1) is 2.89. The molecule has 0 aromatic rings. The molecule has 1 aliphatic heterocycles. The first kappa shape index (κ1) is 3.30. The van der Waals surface area contributed by atoms with Crippen molar-refractivity contribution in [1.29, 1.82) is 0 Å². The summed E-state index contributed by atoms with van der Waals surface area (Å²) in [5.74, 6) is -0.255. The van der Waals surface area contributed by atoms with Crippen molar-refractivity contribution in [2.24, 2.45) is 0 Å². The van der Waals surface area contributed by atoms with E-state index in [4.69, 9.17) is 5.11 Å². The minimum Gasteiger partial charge on any atom is -0.477 e. The molecule has 0 spiro atoms. The van der Waals surface area contributed by atoms with E-state index in [1.54, 1.807) is 0 Å². The second kappa shape index (κ2) is 1.06. The molecule has 0 bridgehead atoms. The zero-order valence-electron chi connectivity index (χ0n) is 2.84. The van der Waals surface area contributed by atoms with Crippen LogP contribution in [0.4, 0.5) is 0 Å². The second-order valence-electron chi connectivity index (χ2n) is 0.759. The predicted octanol–water partition coefficient (Wildman–Crippen LogP) is -0.190. The third kappa shape index (κ3) is 0.367. The van der Waals surface area contributed by atoms with Gasteiger partial charge < -0.3 is 14.8 Å². The molecule has 0 aromatic carbocycles. The molecule has 2 N–H and O–H groups in total. The van der Waals surface area contributed by atoms with Gasteiger partial charge in [0.1, 0.15) is 0 Å². The summed E-state index contributed by atoms with van der Waals surface area (Å²) in [4.78, 5) is 8.27. The zero-order chi connectivity index (χ0) is 4.41. The fourth-order valence-electron chi connectivity index (χ4n) is 0.165. The lowest BCUT2D eigenvalue weighted by atomic mass is 11.0. The van der Waals surface area contributed by atoms with Gasteiger partial charge in [-0.1, -0.05) is 0 Å². The molecule has 1 heterocycles. The smallest absolute Gasteiger partial charge is 0.339 e. The molecule has 0 saturated carbocycles. The van der Waals surface area contributed by atoms with Gasteiger partial charge in [0.05, 0.1) is 0 Å². The maximum atomic E-state index is 8.18. The Bertz CT molecular complexity index is 78.9. The van der Waals surface area contributed by atoms with Crippen LogP contribution in [-0.4, -0.2) is 5.11 Å². The molecule has 1 rings (SSSR count). The van der Waals surface area contributed by atoms with Crippen LogP contribution in [0.5, 0.6) is 0 Å². The molecule has 1 aliphatic rings. The highest BCUT2D eigenvalue weighted by Crippen LogP contribution is 1.93. The van der Waals surface area contributed by atoms with Gasteiger partial charge in [0.25, 0.3) is 0 Å². The topological polar surface area (TPSA) is 50.7 Å². The Morgan fingerprint density at radius 2 is 2.67 bits per heavy atom. The largest absolute Gasteiger partial charge is 0.477 e. The van der Waals surface area contributed by atoms with E-state index in [0.29, 0.717) is 0 Å². The Hall–Kier alpha value is -0.900.